The summed E-state index contributed by atoms with van der Waals surface area (Å²) in [5, 5.41) is 4.97. The van der Waals surface area contributed by atoms with Crippen molar-refractivity contribution >= 4 is 39.2 Å². The Morgan fingerprint density at radius 1 is 1.39 bits per heavy atom. The van der Waals surface area contributed by atoms with Gasteiger partial charge in [0.2, 0.25) is 0 Å². The lowest BCUT2D eigenvalue weighted by Gasteiger charge is -2.35. The van der Waals surface area contributed by atoms with E-state index in [1.54, 1.807) is 6.07 Å². The van der Waals surface area contributed by atoms with Crippen molar-refractivity contribution in [2.45, 2.75) is 38.3 Å². The fourth-order valence-electron chi connectivity index (χ4n) is 4.80. The number of aryl methyl sites for hydroxylation is 1. The van der Waals surface area contributed by atoms with Gasteiger partial charge in [-0.2, -0.15) is 0 Å². The van der Waals surface area contributed by atoms with Gasteiger partial charge in [-0.3, -0.25) is 4.79 Å². The molecule has 1 atom stereocenters. The molecule has 1 amide bonds. The minimum Gasteiger partial charge on any atom is -0.465 e. The monoisotopic (exact) mass is 468 g/mol. The molecular formula is C24H28N4O4S. The van der Waals surface area contributed by atoms with Crippen LogP contribution in [-0.2, 0) is 29.4 Å². The number of esters is 1. The minimum atomic E-state index is -0.344. The van der Waals surface area contributed by atoms with Crippen molar-refractivity contribution in [2.24, 2.45) is 7.05 Å². The van der Waals surface area contributed by atoms with Crippen molar-refractivity contribution in [3.63, 3.8) is 0 Å². The third-order valence-electron chi connectivity index (χ3n) is 6.38. The van der Waals surface area contributed by atoms with Gasteiger partial charge in [0.1, 0.15) is 4.88 Å². The van der Waals surface area contributed by atoms with E-state index in [9.17, 15) is 9.59 Å². The summed E-state index contributed by atoms with van der Waals surface area (Å²) in [6.45, 7) is 5.97. The number of aromatic nitrogens is 2. The van der Waals surface area contributed by atoms with E-state index in [4.69, 9.17) is 14.5 Å². The number of nitrogens with zero attached hydrogens (tertiary/aromatic N) is 3. The molecule has 1 unspecified atom stereocenters. The second-order valence-electron chi connectivity index (χ2n) is 9.40. The minimum absolute atomic E-state index is 0.0424. The molecule has 33 heavy (non-hydrogen) atoms. The van der Waals surface area contributed by atoms with Gasteiger partial charge in [0.05, 0.1) is 37.6 Å². The van der Waals surface area contributed by atoms with Crippen LogP contribution in [-0.4, -0.2) is 59.9 Å². The quantitative estimate of drug-likeness (QED) is 0.593. The summed E-state index contributed by atoms with van der Waals surface area (Å²) >= 11 is 1.46. The lowest BCUT2D eigenvalue weighted by atomic mass is 9.94. The van der Waals surface area contributed by atoms with Crippen LogP contribution in [0.2, 0.25) is 0 Å². The number of morpholine rings is 1. The fraction of sp³-hybridized carbons (Fsp3) is 0.458. The van der Waals surface area contributed by atoms with Crippen molar-refractivity contribution in [2.75, 3.05) is 31.8 Å². The summed E-state index contributed by atoms with van der Waals surface area (Å²) in [6.07, 6.45) is 3.57. The van der Waals surface area contributed by atoms with E-state index in [1.807, 2.05) is 33.0 Å². The number of amides is 1. The Hall–Kier alpha value is -2.91. The smallest absolute Gasteiger partial charge is 0.337 e. The van der Waals surface area contributed by atoms with Crippen LogP contribution in [0.5, 0.6) is 0 Å². The van der Waals surface area contributed by atoms with Crippen LogP contribution in [0.15, 0.2) is 24.4 Å². The normalized spacial score (nSPS) is 19.9. The zero-order valence-electron chi connectivity index (χ0n) is 19.3. The first-order chi connectivity index (χ1) is 15.8. The molecule has 8 nitrogen and oxygen atoms in total. The summed E-state index contributed by atoms with van der Waals surface area (Å²) in [4.78, 5) is 32.6. The van der Waals surface area contributed by atoms with Crippen LogP contribution in [0.4, 0.5) is 5.13 Å². The van der Waals surface area contributed by atoms with Crippen LogP contribution in [0, 0.1) is 0 Å². The first-order valence-corrected chi connectivity index (χ1v) is 11.9. The molecule has 1 aromatic carbocycles. The number of fused-ring (bicyclic) bond motifs is 2. The predicted octanol–water partition coefficient (Wildman–Crippen LogP) is 2.93. The number of hydrogen-bond donors (Lipinski definition) is 1. The number of ether oxygens (including phenoxy) is 2. The SMILES string of the molecule is COC(=O)c1ccc2c(c1)c(CC1COCCN1c1nc3c(s1)C(=O)NC(C)(C)C3)cn2C. The van der Waals surface area contributed by atoms with E-state index in [0.717, 1.165) is 46.7 Å². The second kappa shape index (κ2) is 8.14. The number of anilines is 1. The number of hydrogen-bond acceptors (Lipinski definition) is 7. The number of benzene rings is 1. The van der Waals surface area contributed by atoms with Crippen molar-refractivity contribution in [3.05, 3.63) is 46.1 Å². The molecule has 0 saturated carbocycles. The fourth-order valence-corrected chi connectivity index (χ4v) is 5.87. The maximum atomic E-state index is 12.6. The van der Waals surface area contributed by atoms with Gasteiger partial charge >= 0.3 is 5.97 Å². The number of thiazole rings is 1. The molecule has 3 aromatic rings. The Bertz CT molecular complexity index is 1240. The van der Waals surface area contributed by atoms with E-state index >= 15 is 0 Å². The van der Waals surface area contributed by atoms with Gasteiger partial charge in [-0.25, -0.2) is 9.78 Å². The van der Waals surface area contributed by atoms with Gasteiger partial charge in [0, 0.05) is 42.7 Å². The Balaban J connectivity index is 1.47. The molecule has 5 rings (SSSR count). The highest BCUT2D eigenvalue weighted by molar-refractivity contribution is 7.17. The van der Waals surface area contributed by atoms with E-state index in [0.29, 0.717) is 23.7 Å². The molecule has 1 fully saturated rings. The van der Waals surface area contributed by atoms with Crippen LogP contribution in [0.25, 0.3) is 10.9 Å². The average molecular weight is 469 g/mol. The van der Waals surface area contributed by atoms with Crippen molar-refractivity contribution in [1.82, 2.24) is 14.9 Å². The molecule has 2 aromatic heterocycles. The number of carbonyl (C=O) groups is 2. The molecule has 4 heterocycles. The van der Waals surface area contributed by atoms with Crippen molar-refractivity contribution in [3.8, 4) is 0 Å². The molecular weight excluding hydrogens is 440 g/mol. The summed E-state index contributed by atoms with van der Waals surface area (Å²) in [7, 11) is 3.40. The Kier molecular flexibility index (Phi) is 5.41. The molecule has 1 saturated heterocycles. The van der Waals surface area contributed by atoms with Crippen molar-refractivity contribution < 1.29 is 19.1 Å². The molecule has 0 bridgehead atoms. The predicted molar refractivity (Wildman–Crippen MR) is 127 cm³/mol. The van der Waals surface area contributed by atoms with Crippen LogP contribution >= 0.6 is 11.3 Å². The molecule has 0 spiro atoms. The first kappa shape index (κ1) is 21.9. The lowest BCUT2D eigenvalue weighted by Crippen LogP contribution is -2.48. The van der Waals surface area contributed by atoms with Crippen molar-refractivity contribution in [1.29, 1.82) is 0 Å². The third kappa shape index (κ3) is 4.00. The van der Waals surface area contributed by atoms with Crippen LogP contribution < -0.4 is 10.2 Å². The zero-order valence-corrected chi connectivity index (χ0v) is 20.1. The van der Waals surface area contributed by atoms with Gasteiger partial charge in [-0.05, 0) is 44.0 Å². The first-order valence-electron chi connectivity index (χ1n) is 11.1. The van der Waals surface area contributed by atoms with E-state index in [2.05, 4.69) is 21.0 Å². The third-order valence-corrected chi connectivity index (χ3v) is 7.51. The molecule has 0 radical (unpaired) electrons. The van der Waals surface area contributed by atoms with Gasteiger partial charge in [-0.15, -0.1) is 0 Å². The highest BCUT2D eigenvalue weighted by Crippen LogP contribution is 2.34. The Labute approximate surface area is 196 Å². The molecule has 2 aliphatic heterocycles. The Morgan fingerprint density at radius 3 is 3.00 bits per heavy atom. The summed E-state index contributed by atoms with van der Waals surface area (Å²) in [5.74, 6) is -0.386. The van der Waals surface area contributed by atoms with E-state index in [1.165, 1.54) is 18.4 Å². The Morgan fingerprint density at radius 2 is 2.21 bits per heavy atom. The molecule has 0 aliphatic carbocycles. The highest BCUT2D eigenvalue weighted by atomic mass is 32.1. The molecule has 9 heteroatoms. The number of nitrogens with one attached hydrogen (secondary N) is 1. The van der Waals surface area contributed by atoms with Gasteiger partial charge < -0.3 is 24.3 Å². The molecule has 1 N–H and O–H groups in total. The highest BCUT2D eigenvalue weighted by Gasteiger charge is 2.35. The van der Waals surface area contributed by atoms with E-state index in [-0.39, 0.29) is 23.5 Å². The average Bonchev–Trinajstić information content (AvgIpc) is 3.33. The standard InChI is InChI=1S/C24H28N4O4S/c1-24(2)11-18-20(21(29)26-24)33-23(25-18)28-7-8-32-13-16(28)9-15-12-27(3)19-6-5-14(10-17(15)19)22(30)31-4/h5-6,10,12,16H,7-9,11,13H2,1-4H3,(H,26,29). The maximum absolute atomic E-state index is 12.6. The summed E-state index contributed by atoms with van der Waals surface area (Å²) in [6, 6.07) is 5.73. The van der Waals surface area contributed by atoms with Gasteiger partial charge in [-0.1, -0.05) is 11.3 Å². The van der Waals surface area contributed by atoms with Gasteiger partial charge in [0.15, 0.2) is 5.13 Å². The maximum Gasteiger partial charge on any atom is 0.337 e. The van der Waals surface area contributed by atoms with E-state index < -0.39 is 0 Å². The summed E-state index contributed by atoms with van der Waals surface area (Å²) < 4.78 is 12.8. The molecule has 174 valence electrons. The topological polar surface area (TPSA) is 85.7 Å². The second-order valence-corrected chi connectivity index (χ2v) is 10.4. The van der Waals surface area contributed by atoms with Crippen LogP contribution in [0.3, 0.4) is 0 Å². The van der Waals surface area contributed by atoms with Gasteiger partial charge in [0.25, 0.3) is 5.91 Å². The summed E-state index contributed by atoms with van der Waals surface area (Å²) in [5.41, 5.74) is 3.32. The number of carbonyl (C=O) groups excluding carboxylic acids is 2. The van der Waals surface area contributed by atoms with Crippen LogP contribution in [0.1, 0.15) is 45.1 Å². The largest absolute Gasteiger partial charge is 0.465 e. The number of methoxy groups -OCH3 is 1. The zero-order chi connectivity index (χ0) is 23.3. The lowest BCUT2D eigenvalue weighted by molar-refractivity contribution is 0.0600. The molecule has 2 aliphatic rings. The number of rotatable bonds is 4.